The molecule has 0 amide bonds. The molecule has 2 N–H and O–H groups in total. The average molecular weight is 508 g/mol. The summed E-state index contributed by atoms with van der Waals surface area (Å²) in [6, 6.07) is 21.2. The van der Waals surface area contributed by atoms with Crippen LogP contribution in [0.2, 0.25) is 0 Å². The Kier molecular flexibility index (Phi) is 6.05. The highest BCUT2D eigenvalue weighted by molar-refractivity contribution is 7.13. The lowest BCUT2D eigenvalue weighted by Gasteiger charge is -2.12. The van der Waals surface area contributed by atoms with Crippen molar-refractivity contribution < 1.29 is 14.6 Å². The van der Waals surface area contributed by atoms with Gasteiger partial charge >= 0.3 is 0 Å². The van der Waals surface area contributed by atoms with E-state index in [1.54, 1.807) is 36.9 Å². The van der Waals surface area contributed by atoms with Crippen molar-refractivity contribution in [1.29, 1.82) is 0 Å². The monoisotopic (exact) mass is 507 g/mol. The molecule has 37 heavy (non-hydrogen) atoms. The number of hydrogen-bond donors (Lipinski definition) is 2. The molecule has 0 saturated heterocycles. The number of aliphatic hydroxyl groups is 1. The number of fused-ring (bicyclic) bond motifs is 2. The third-order valence-corrected chi connectivity index (χ3v) is 6.84. The SMILES string of the molecule is COc1cnc2c(Oc3ccc(Nc4nnc(-c5cc(CO)cs5)c5ccccc45)cc3)ccnc2c1. The highest BCUT2D eigenvalue weighted by atomic mass is 32.1. The van der Waals surface area contributed by atoms with Gasteiger partial charge in [0, 0.05) is 34.8 Å². The van der Waals surface area contributed by atoms with Crippen LogP contribution < -0.4 is 14.8 Å². The number of anilines is 2. The summed E-state index contributed by atoms with van der Waals surface area (Å²) in [7, 11) is 1.60. The molecule has 0 aliphatic carbocycles. The van der Waals surface area contributed by atoms with E-state index in [4.69, 9.17) is 9.47 Å². The van der Waals surface area contributed by atoms with Crippen molar-refractivity contribution in [1.82, 2.24) is 20.2 Å². The predicted molar refractivity (Wildman–Crippen MR) is 145 cm³/mol. The van der Waals surface area contributed by atoms with Crippen LogP contribution in [0.5, 0.6) is 17.2 Å². The lowest BCUT2D eigenvalue weighted by atomic mass is 10.1. The van der Waals surface area contributed by atoms with Gasteiger partial charge in [-0.15, -0.1) is 21.5 Å². The van der Waals surface area contributed by atoms with Gasteiger partial charge in [-0.3, -0.25) is 4.98 Å². The van der Waals surface area contributed by atoms with Crippen LogP contribution in [-0.4, -0.2) is 32.4 Å². The highest BCUT2D eigenvalue weighted by Crippen LogP contribution is 2.35. The van der Waals surface area contributed by atoms with Crippen LogP contribution in [0, 0.1) is 0 Å². The van der Waals surface area contributed by atoms with Crippen molar-refractivity contribution in [3.8, 4) is 27.8 Å². The van der Waals surface area contributed by atoms with Crippen LogP contribution in [0.4, 0.5) is 11.5 Å². The molecule has 182 valence electrons. The minimum atomic E-state index is 0.00382. The second-order valence-electron chi connectivity index (χ2n) is 8.22. The number of hydrogen-bond acceptors (Lipinski definition) is 9. The zero-order chi connectivity index (χ0) is 25.2. The second kappa shape index (κ2) is 9.81. The standard InChI is InChI=1S/C28H21N5O3S/c1-35-20-13-23-27(30-14-20)24(10-11-29-23)36-19-8-6-18(7-9-19)31-28-22-5-3-2-4-21(22)26(32-33-28)25-12-17(15-34)16-37-25/h2-14,16,34H,15H2,1H3,(H,31,33). The molecular formula is C28H21N5O3S. The van der Waals surface area contributed by atoms with Gasteiger partial charge in [0.2, 0.25) is 0 Å². The van der Waals surface area contributed by atoms with Crippen LogP contribution in [0.25, 0.3) is 32.4 Å². The van der Waals surface area contributed by atoms with E-state index in [0.717, 1.165) is 32.6 Å². The molecule has 0 unspecified atom stereocenters. The van der Waals surface area contributed by atoms with Gasteiger partial charge in [0.25, 0.3) is 0 Å². The van der Waals surface area contributed by atoms with E-state index in [-0.39, 0.29) is 6.61 Å². The van der Waals surface area contributed by atoms with E-state index in [0.29, 0.717) is 34.1 Å². The lowest BCUT2D eigenvalue weighted by Crippen LogP contribution is -1.99. The first-order valence-electron chi connectivity index (χ1n) is 11.5. The largest absolute Gasteiger partial charge is 0.495 e. The number of benzene rings is 2. The first kappa shape index (κ1) is 22.8. The summed E-state index contributed by atoms with van der Waals surface area (Å²) in [5.74, 6) is 2.57. The third-order valence-electron chi connectivity index (χ3n) is 5.85. The first-order chi connectivity index (χ1) is 18.2. The number of nitrogens with zero attached hydrogens (tertiary/aromatic N) is 4. The van der Waals surface area contributed by atoms with Crippen molar-refractivity contribution in [2.75, 3.05) is 12.4 Å². The number of ether oxygens (including phenoxy) is 2. The Bertz CT molecular complexity index is 1720. The molecular weight excluding hydrogens is 486 g/mol. The Morgan fingerprint density at radius 1 is 0.919 bits per heavy atom. The Morgan fingerprint density at radius 2 is 1.76 bits per heavy atom. The molecule has 0 bridgehead atoms. The summed E-state index contributed by atoms with van der Waals surface area (Å²) in [4.78, 5) is 9.76. The highest BCUT2D eigenvalue weighted by Gasteiger charge is 2.13. The van der Waals surface area contributed by atoms with E-state index >= 15 is 0 Å². The van der Waals surface area contributed by atoms with Gasteiger partial charge in [-0.1, -0.05) is 24.3 Å². The summed E-state index contributed by atoms with van der Waals surface area (Å²) < 4.78 is 11.3. The van der Waals surface area contributed by atoms with Gasteiger partial charge in [-0.2, -0.15) is 0 Å². The summed E-state index contributed by atoms with van der Waals surface area (Å²) in [6.07, 6.45) is 3.33. The Hall–Kier alpha value is -4.60. The zero-order valence-corrected chi connectivity index (χ0v) is 20.6. The molecule has 0 aliphatic heterocycles. The summed E-state index contributed by atoms with van der Waals surface area (Å²) in [6.45, 7) is 0.00382. The molecule has 0 fully saturated rings. The Balaban J connectivity index is 1.25. The van der Waals surface area contributed by atoms with Gasteiger partial charge in [0.05, 0.1) is 30.3 Å². The van der Waals surface area contributed by atoms with E-state index in [9.17, 15) is 5.11 Å². The second-order valence-corrected chi connectivity index (χ2v) is 9.13. The fourth-order valence-electron chi connectivity index (χ4n) is 4.01. The average Bonchev–Trinajstić information content (AvgIpc) is 3.43. The number of rotatable bonds is 7. The van der Waals surface area contributed by atoms with Gasteiger partial charge < -0.3 is 19.9 Å². The van der Waals surface area contributed by atoms with E-state index in [1.165, 1.54) is 0 Å². The van der Waals surface area contributed by atoms with Crippen LogP contribution in [0.1, 0.15) is 5.56 Å². The number of nitrogens with one attached hydrogen (secondary N) is 1. The lowest BCUT2D eigenvalue weighted by molar-refractivity contribution is 0.282. The summed E-state index contributed by atoms with van der Waals surface area (Å²) in [5, 5.41) is 25.7. The quantitative estimate of drug-likeness (QED) is 0.258. The number of methoxy groups -OCH3 is 1. The van der Waals surface area contributed by atoms with Gasteiger partial charge in [-0.05, 0) is 41.3 Å². The third kappa shape index (κ3) is 4.53. The molecule has 6 aromatic rings. The van der Waals surface area contributed by atoms with Gasteiger partial charge in [-0.25, -0.2) is 4.98 Å². The molecule has 8 nitrogen and oxygen atoms in total. The number of pyridine rings is 2. The van der Waals surface area contributed by atoms with Crippen molar-refractivity contribution in [3.05, 3.63) is 90.1 Å². The van der Waals surface area contributed by atoms with Crippen LogP contribution in [-0.2, 0) is 6.61 Å². The molecule has 0 spiro atoms. The fraction of sp³-hybridized carbons (Fsp3) is 0.0714. The van der Waals surface area contributed by atoms with Crippen molar-refractivity contribution in [2.24, 2.45) is 0 Å². The van der Waals surface area contributed by atoms with Gasteiger partial charge in [0.15, 0.2) is 11.6 Å². The zero-order valence-electron chi connectivity index (χ0n) is 19.8. The molecule has 6 rings (SSSR count). The maximum absolute atomic E-state index is 9.43. The smallest absolute Gasteiger partial charge is 0.161 e. The Labute approximate surface area is 216 Å². The van der Waals surface area contributed by atoms with Crippen molar-refractivity contribution in [2.45, 2.75) is 6.61 Å². The fourth-order valence-corrected chi connectivity index (χ4v) is 4.91. The van der Waals surface area contributed by atoms with Crippen LogP contribution >= 0.6 is 11.3 Å². The van der Waals surface area contributed by atoms with Crippen LogP contribution in [0.15, 0.2) is 84.5 Å². The predicted octanol–water partition coefficient (Wildman–Crippen LogP) is 6.34. The molecule has 0 radical (unpaired) electrons. The minimum Gasteiger partial charge on any atom is -0.495 e. The molecule has 2 aromatic carbocycles. The molecule has 0 aliphatic rings. The minimum absolute atomic E-state index is 0.00382. The number of aliphatic hydroxyl groups excluding tert-OH is 1. The maximum atomic E-state index is 9.43. The maximum Gasteiger partial charge on any atom is 0.161 e. The topological polar surface area (TPSA) is 102 Å². The van der Waals surface area contributed by atoms with E-state index in [1.807, 2.05) is 66.0 Å². The molecule has 4 aromatic heterocycles. The molecule has 0 atom stereocenters. The summed E-state index contributed by atoms with van der Waals surface area (Å²) >= 11 is 1.55. The Morgan fingerprint density at radius 3 is 2.54 bits per heavy atom. The summed E-state index contributed by atoms with van der Waals surface area (Å²) in [5.41, 5.74) is 3.86. The first-order valence-corrected chi connectivity index (χ1v) is 12.4. The molecule has 9 heteroatoms. The van der Waals surface area contributed by atoms with Crippen molar-refractivity contribution >= 4 is 44.6 Å². The van der Waals surface area contributed by atoms with Gasteiger partial charge in [0.1, 0.15) is 22.7 Å². The number of thiophene rings is 1. The van der Waals surface area contributed by atoms with Crippen molar-refractivity contribution in [3.63, 3.8) is 0 Å². The number of aromatic nitrogens is 4. The molecule has 4 heterocycles. The molecule has 0 saturated carbocycles. The normalized spacial score (nSPS) is 11.1. The van der Waals surface area contributed by atoms with E-state index in [2.05, 4.69) is 25.5 Å². The van der Waals surface area contributed by atoms with Crippen LogP contribution in [0.3, 0.4) is 0 Å². The van der Waals surface area contributed by atoms with E-state index < -0.39 is 0 Å².